The molecule has 19 nitrogen and oxygen atoms in total. The van der Waals surface area contributed by atoms with Crippen LogP contribution in [0.1, 0.15) is 149 Å². The molecule has 3 unspecified atom stereocenters. The Morgan fingerprint density at radius 3 is 2.04 bits per heavy atom. The molecule has 15 heterocycles. The van der Waals surface area contributed by atoms with Gasteiger partial charge in [-0.15, -0.1) is 0 Å². The number of carbonyl (C=O) groups is 2. The van der Waals surface area contributed by atoms with Crippen LogP contribution in [-0.4, -0.2) is 191 Å². The Bertz CT molecular complexity index is 2150. The number of carbonyl (C=O) groups excluding carboxylic acids is 1. The van der Waals surface area contributed by atoms with Crippen LogP contribution in [0.4, 0.5) is 0 Å². The predicted octanol–water partition coefficient (Wildman–Crippen LogP) is 4.63. The number of aliphatic hydroxyl groups excluding tert-OH is 2. The second-order valence-electron chi connectivity index (χ2n) is 25.6. The summed E-state index contributed by atoms with van der Waals surface area (Å²) >= 11 is 0. The molecule has 3 N–H and O–H groups in total. The quantitative estimate of drug-likeness (QED) is 0.258. The summed E-state index contributed by atoms with van der Waals surface area (Å²) in [6, 6.07) is 0. The predicted molar refractivity (Wildman–Crippen MR) is 257 cm³/mol. The van der Waals surface area contributed by atoms with Gasteiger partial charge in [0.25, 0.3) is 0 Å². The summed E-state index contributed by atoms with van der Waals surface area (Å²) in [6.07, 6.45) is 3.99. The van der Waals surface area contributed by atoms with Crippen LogP contribution in [0.5, 0.6) is 0 Å². The highest BCUT2D eigenvalue weighted by Gasteiger charge is 2.69. The third-order valence-corrected chi connectivity index (χ3v) is 20.4. The average molecular weight is 1060 g/mol. The van der Waals surface area contributed by atoms with Crippen molar-refractivity contribution >= 4 is 11.9 Å². The van der Waals surface area contributed by atoms with Gasteiger partial charge in [0.05, 0.1) is 129 Å². The van der Waals surface area contributed by atoms with E-state index in [-0.39, 0.29) is 135 Å². The summed E-state index contributed by atoms with van der Waals surface area (Å²) in [5.74, 6) is -2.91. The van der Waals surface area contributed by atoms with Gasteiger partial charge in [0.1, 0.15) is 36.6 Å². The Kier molecular flexibility index (Phi) is 13.6. The fourth-order valence-electron chi connectivity index (χ4n) is 16.7. The van der Waals surface area contributed by atoms with Crippen molar-refractivity contribution in [2.75, 3.05) is 0 Å². The first-order valence-corrected chi connectivity index (χ1v) is 29.2. The van der Waals surface area contributed by atoms with Crippen molar-refractivity contribution in [2.45, 2.75) is 313 Å². The van der Waals surface area contributed by atoms with E-state index in [0.29, 0.717) is 70.6 Å². The van der Waals surface area contributed by atoms with Crippen LogP contribution in [0.15, 0.2) is 12.2 Å². The van der Waals surface area contributed by atoms with Crippen LogP contribution in [0.3, 0.4) is 0 Å². The molecule has 19 heteroatoms. The average Bonchev–Trinajstić information content (AvgIpc) is 4.18. The summed E-state index contributed by atoms with van der Waals surface area (Å²) in [5, 5.41) is 31.6. The number of aliphatic carboxylic acids is 1. The lowest BCUT2D eigenvalue weighted by Crippen LogP contribution is -2.62. The van der Waals surface area contributed by atoms with Gasteiger partial charge >= 0.3 is 11.9 Å². The number of ether oxygens (including phenoxy) is 14. The van der Waals surface area contributed by atoms with E-state index in [2.05, 4.69) is 20.4 Å². The van der Waals surface area contributed by atoms with Gasteiger partial charge < -0.3 is 81.6 Å². The minimum absolute atomic E-state index is 0.0248. The number of carboxylic acids is 1. The SMILES string of the molecule is C=C1[C@H](C)C[C@@H]2CC[C@H]3CC[C@H](CC[C@@]45C[C@@H]6O[C@H]7[C@@H](O4)[C@H]4O[C@H](CC[C@@H]4O[C@H]7C6O5)CC(=O)O[C@@H]4CC5OC6C[C@H](C[C@@H]7O[C@@]8(CC[C@@H]7O)C[C@H](C)[C@@H]7O[C@H](CC(=O)O)[C@H](O)C[C@@H]7O8)O[C@@H]6C[C@@H]5O[C@H]4C[C@H]1O2)O3. The second-order valence-corrected chi connectivity index (χ2v) is 25.6. The van der Waals surface area contributed by atoms with E-state index in [1.54, 1.807) is 0 Å². The van der Waals surface area contributed by atoms with Crippen molar-refractivity contribution in [1.29, 1.82) is 0 Å². The first-order chi connectivity index (χ1) is 36.2. The van der Waals surface area contributed by atoms with Gasteiger partial charge in [-0.05, 0) is 75.2 Å². The maximum atomic E-state index is 14.3. The molecule has 15 rings (SSSR count). The molecule has 29 atom stereocenters. The van der Waals surface area contributed by atoms with Crippen LogP contribution in [-0.2, 0) is 75.9 Å². The highest BCUT2D eigenvalue weighted by atomic mass is 16.8. The molecule has 0 aromatic rings. The Morgan fingerprint density at radius 2 is 1.21 bits per heavy atom. The molecule has 15 fully saturated rings. The van der Waals surface area contributed by atoms with Gasteiger partial charge in [0, 0.05) is 64.2 Å². The molecule has 0 radical (unpaired) electrons. The molecule has 15 aliphatic heterocycles. The number of hydrogen-bond donors (Lipinski definition) is 3. The Hall–Kier alpha value is -1.92. The van der Waals surface area contributed by atoms with E-state index >= 15 is 0 Å². The van der Waals surface area contributed by atoms with Crippen molar-refractivity contribution in [3.8, 4) is 0 Å². The van der Waals surface area contributed by atoms with Crippen molar-refractivity contribution in [1.82, 2.24) is 0 Å². The molecular formula is C56H80O19. The van der Waals surface area contributed by atoms with E-state index in [1.807, 2.05) is 0 Å². The van der Waals surface area contributed by atoms with Gasteiger partial charge in [-0.25, -0.2) is 0 Å². The van der Waals surface area contributed by atoms with Crippen molar-refractivity contribution < 1.29 is 91.2 Å². The van der Waals surface area contributed by atoms with Crippen molar-refractivity contribution in [3.05, 3.63) is 12.2 Å². The minimum Gasteiger partial charge on any atom is -0.481 e. The highest BCUT2D eigenvalue weighted by molar-refractivity contribution is 5.70. The maximum Gasteiger partial charge on any atom is 0.308 e. The molecule has 12 bridgehead atoms. The number of carboxylic acid groups (broad SMARTS) is 1. The fourth-order valence-corrected chi connectivity index (χ4v) is 16.7. The van der Waals surface area contributed by atoms with Crippen molar-refractivity contribution in [3.63, 3.8) is 0 Å². The number of rotatable bonds is 4. The van der Waals surface area contributed by atoms with Gasteiger partial charge in [0.15, 0.2) is 11.6 Å². The smallest absolute Gasteiger partial charge is 0.308 e. The fraction of sp³-hybridized carbons (Fsp3) is 0.929. The molecular weight excluding hydrogens is 977 g/mol. The normalized spacial score (nSPS) is 56.2. The number of hydrogen-bond acceptors (Lipinski definition) is 18. The summed E-state index contributed by atoms with van der Waals surface area (Å²) < 4.78 is 94.6. The van der Waals surface area contributed by atoms with Crippen LogP contribution in [0.2, 0.25) is 0 Å². The standard InChI is InChI=1S/C56H80O19/c1-25-14-30-7-6-28-4-5-29(62-28)10-12-56-24-46-51(74-56)52-53(71-46)54(75-56)50-35(69-52)9-8-31(65-50)17-48(61)68-44-21-43-42(67-41(44)19-36(63-30)27(25)3)20-40-39(66-43)16-32(64-40)15-38-33(57)11-13-55(72-38)23-26(2)49-45(73-55)18-34(58)37(70-49)22-47(59)60/h25-26,28-46,49-54,57-58H,3-24H2,1-2H3,(H,59,60)/t25-,26+,28-,29-,30+,31-,32+,33+,34-,35+,36-,37-,38+,39?,40-,41+,42+,43?,44-,45+,46+,49+,50+,51?,52+,53-,54+,55-,56+/m1/s1. The third-order valence-electron chi connectivity index (χ3n) is 20.4. The summed E-state index contributed by atoms with van der Waals surface area (Å²) in [5.41, 5.74) is 1.04. The lowest BCUT2D eigenvalue weighted by Gasteiger charge is -2.54. The topological polar surface area (TPSA) is 224 Å². The van der Waals surface area contributed by atoms with Gasteiger partial charge in [-0.3, -0.25) is 9.59 Å². The largest absolute Gasteiger partial charge is 0.481 e. The number of aliphatic hydroxyl groups is 2. The molecule has 75 heavy (non-hydrogen) atoms. The van der Waals surface area contributed by atoms with Crippen LogP contribution >= 0.6 is 0 Å². The van der Waals surface area contributed by atoms with Crippen LogP contribution in [0, 0.1) is 11.8 Å². The zero-order chi connectivity index (χ0) is 51.1. The minimum atomic E-state index is -1.02. The number of esters is 1. The first kappa shape index (κ1) is 51.2. The monoisotopic (exact) mass is 1060 g/mol. The lowest BCUT2D eigenvalue weighted by atomic mass is 9.80. The Labute approximate surface area is 438 Å². The van der Waals surface area contributed by atoms with Crippen molar-refractivity contribution in [2.24, 2.45) is 11.8 Å². The molecule has 0 aromatic heterocycles. The third kappa shape index (κ3) is 9.70. The molecule has 0 saturated carbocycles. The molecule has 15 saturated heterocycles. The van der Waals surface area contributed by atoms with Gasteiger partial charge in [-0.1, -0.05) is 20.4 Å². The Morgan fingerprint density at radius 1 is 0.533 bits per heavy atom. The Balaban J connectivity index is 0.662. The maximum absolute atomic E-state index is 14.3. The molecule has 0 amide bonds. The van der Waals surface area contributed by atoms with E-state index in [4.69, 9.17) is 66.3 Å². The van der Waals surface area contributed by atoms with E-state index in [1.165, 1.54) is 0 Å². The molecule has 418 valence electrons. The first-order valence-electron chi connectivity index (χ1n) is 29.2. The van der Waals surface area contributed by atoms with E-state index in [0.717, 1.165) is 50.5 Å². The van der Waals surface area contributed by atoms with E-state index in [9.17, 15) is 24.9 Å². The summed E-state index contributed by atoms with van der Waals surface area (Å²) in [4.78, 5) is 25.8. The molecule has 0 aliphatic carbocycles. The zero-order valence-electron chi connectivity index (χ0n) is 43.5. The molecule has 15 aliphatic rings. The van der Waals surface area contributed by atoms with E-state index < -0.39 is 72.5 Å². The van der Waals surface area contributed by atoms with Crippen LogP contribution < -0.4 is 0 Å². The summed E-state index contributed by atoms with van der Waals surface area (Å²) in [6.45, 7) is 8.84. The highest BCUT2D eigenvalue weighted by Crippen LogP contribution is 2.55. The second kappa shape index (κ2) is 20.0. The lowest BCUT2D eigenvalue weighted by molar-refractivity contribution is -0.370. The molecule has 2 spiro atoms. The van der Waals surface area contributed by atoms with Gasteiger partial charge in [-0.2, -0.15) is 0 Å². The van der Waals surface area contributed by atoms with Gasteiger partial charge in [0.2, 0.25) is 0 Å². The van der Waals surface area contributed by atoms with Crippen LogP contribution in [0.25, 0.3) is 0 Å². The molecule has 0 aromatic carbocycles. The summed E-state index contributed by atoms with van der Waals surface area (Å²) in [7, 11) is 0. The zero-order valence-corrected chi connectivity index (χ0v) is 43.5. The number of fused-ring (bicyclic) bond motifs is 9.